The number of nitrogens with one attached hydrogen (secondary N) is 1. The van der Waals surface area contributed by atoms with Crippen molar-refractivity contribution in [1.29, 1.82) is 0 Å². The molecule has 0 unspecified atom stereocenters. The third-order valence-electron chi connectivity index (χ3n) is 3.65. The van der Waals surface area contributed by atoms with Crippen molar-refractivity contribution in [2.45, 2.75) is 25.1 Å². The van der Waals surface area contributed by atoms with E-state index in [0.717, 1.165) is 25.1 Å². The quantitative estimate of drug-likeness (QED) is 0.855. The number of hydrogen-bond acceptors (Lipinski definition) is 2. The molecular weight excluding hydrogens is 243 g/mol. The van der Waals surface area contributed by atoms with Gasteiger partial charge in [0.05, 0.1) is 11.2 Å². The Balaban J connectivity index is 2.23. The first-order valence-corrected chi connectivity index (χ1v) is 5.92. The van der Waals surface area contributed by atoms with Crippen LogP contribution in [-0.2, 0) is 11.8 Å². The molecule has 2 N–H and O–H groups in total. The highest BCUT2D eigenvalue weighted by Gasteiger charge is 2.36. The average Bonchev–Trinajstić information content (AvgIpc) is 2.82. The van der Waals surface area contributed by atoms with Gasteiger partial charge >= 0.3 is 6.18 Å². The molecular formula is C13H16F3NO. The Morgan fingerprint density at radius 3 is 2.17 bits per heavy atom. The molecule has 1 aliphatic heterocycles. The number of hydrogen-bond donors (Lipinski definition) is 2. The lowest BCUT2D eigenvalue weighted by molar-refractivity contribution is -0.137. The molecule has 2 nitrogen and oxygen atoms in total. The molecule has 0 radical (unpaired) electrons. The van der Waals surface area contributed by atoms with Gasteiger partial charge in [-0.15, -0.1) is 0 Å². The van der Waals surface area contributed by atoms with E-state index in [2.05, 4.69) is 5.32 Å². The summed E-state index contributed by atoms with van der Waals surface area (Å²) in [6, 6.07) is 4.76. The Hall–Kier alpha value is -1.07. The van der Waals surface area contributed by atoms with Gasteiger partial charge in [0.1, 0.15) is 0 Å². The van der Waals surface area contributed by atoms with E-state index in [1.807, 2.05) is 0 Å². The molecule has 100 valence electrons. The van der Waals surface area contributed by atoms with E-state index in [-0.39, 0.29) is 5.92 Å². The molecule has 1 fully saturated rings. The number of benzene rings is 1. The van der Waals surface area contributed by atoms with Gasteiger partial charge in [0, 0.05) is 12.5 Å². The summed E-state index contributed by atoms with van der Waals surface area (Å²) in [6.07, 6.45) is -3.51. The van der Waals surface area contributed by atoms with Gasteiger partial charge in [-0.3, -0.25) is 0 Å². The second-order valence-corrected chi connectivity index (χ2v) is 4.91. The molecule has 5 heteroatoms. The Bertz CT molecular complexity index is 405. The molecule has 0 amide bonds. The van der Waals surface area contributed by atoms with Crippen LogP contribution in [0.3, 0.4) is 0 Å². The minimum atomic E-state index is -4.33. The van der Waals surface area contributed by atoms with Crippen LogP contribution in [0, 0.1) is 5.92 Å². The maximum Gasteiger partial charge on any atom is 0.416 e. The summed E-state index contributed by atoms with van der Waals surface area (Å²) in [7, 11) is 0. The molecule has 0 bridgehead atoms. The van der Waals surface area contributed by atoms with Crippen molar-refractivity contribution in [3.8, 4) is 0 Å². The minimum absolute atomic E-state index is 0.0363. The summed E-state index contributed by atoms with van der Waals surface area (Å²) >= 11 is 0. The topological polar surface area (TPSA) is 32.3 Å². The summed E-state index contributed by atoms with van der Waals surface area (Å²) in [5.74, 6) is 0.0363. The molecule has 0 aromatic heterocycles. The first-order valence-electron chi connectivity index (χ1n) is 5.92. The molecule has 1 aromatic rings. The van der Waals surface area contributed by atoms with Crippen molar-refractivity contribution in [3.63, 3.8) is 0 Å². The van der Waals surface area contributed by atoms with E-state index in [1.165, 1.54) is 12.1 Å². The van der Waals surface area contributed by atoms with E-state index in [9.17, 15) is 18.3 Å². The first-order chi connectivity index (χ1) is 8.32. The zero-order valence-electron chi connectivity index (χ0n) is 10.1. The van der Waals surface area contributed by atoms with E-state index in [1.54, 1.807) is 6.92 Å². The molecule has 2 rings (SSSR count). The maximum atomic E-state index is 12.4. The van der Waals surface area contributed by atoms with Gasteiger partial charge in [0.25, 0.3) is 0 Å². The molecule has 0 aliphatic carbocycles. The standard InChI is InChI=1S/C13H16F3NO/c1-12(18,11-6-7-17-8-11)9-2-4-10(5-3-9)13(14,15)16/h2-5,11,17-18H,6-8H2,1H3/t11-,12+/m0/s1. The normalized spacial score (nSPS) is 23.9. The highest BCUT2D eigenvalue weighted by atomic mass is 19.4. The highest BCUT2D eigenvalue weighted by Crippen LogP contribution is 2.35. The van der Waals surface area contributed by atoms with E-state index in [4.69, 9.17) is 0 Å². The minimum Gasteiger partial charge on any atom is -0.385 e. The summed E-state index contributed by atoms with van der Waals surface area (Å²) in [5.41, 5.74) is -1.25. The van der Waals surface area contributed by atoms with Crippen LogP contribution in [0.4, 0.5) is 13.2 Å². The van der Waals surface area contributed by atoms with Crippen LogP contribution >= 0.6 is 0 Å². The van der Waals surface area contributed by atoms with E-state index < -0.39 is 17.3 Å². The number of aliphatic hydroxyl groups is 1. The highest BCUT2D eigenvalue weighted by molar-refractivity contribution is 5.29. The van der Waals surface area contributed by atoms with Crippen LogP contribution < -0.4 is 5.32 Å². The Labute approximate surface area is 104 Å². The predicted molar refractivity (Wildman–Crippen MR) is 62.0 cm³/mol. The Kier molecular flexibility index (Phi) is 3.38. The second-order valence-electron chi connectivity index (χ2n) is 4.91. The lowest BCUT2D eigenvalue weighted by Gasteiger charge is -2.30. The SMILES string of the molecule is C[C@@](O)(c1ccc(C(F)(F)F)cc1)[C@H]1CCNC1. The van der Waals surface area contributed by atoms with Crippen LogP contribution in [0.5, 0.6) is 0 Å². The van der Waals surface area contributed by atoms with Crippen molar-refractivity contribution in [1.82, 2.24) is 5.32 Å². The van der Waals surface area contributed by atoms with Crippen LogP contribution in [0.15, 0.2) is 24.3 Å². The molecule has 18 heavy (non-hydrogen) atoms. The second kappa shape index (κ2) is 4.55. The lowest BCUT2D eigenvalue weighted by Crippen LogP contribution is -2.33. The molecule has 1 aliphatic rings. The number of alkyl halides is 3. The third-order valence-corrected chi connectivity index (χ3v) is 3.65. The van der Waals surface area contributed by atoms with Crippen LogP contribution in [0.2, 0.25) is 0 Å². The fourth-order valence-corrected chi connectivity index (χ4v) is 2.37. The monoisotopic (exact) mass is 259 g/mol. The van der Waals surface area contributed by atoms with Gasteiger partial charge in [0.2, 0.25) is 0 Å². The molecule has 1 aromatic carbocycles. The number of halogens is 3. The lowest BCUT2D eigenvalue weighted by atomic mass is 9.82. The molecule has 0 spiro atoms. The van der Waals surface area contributed by atoms with Gasteiger partial charge in [0.15, 0.2) is 0 Å². The fraction of sp³-hybridized carbons (Fsp3) is 0.538. The summed E-state index contributed by atoms with van der Waals surface area (Å²) in [5, 5.41) is 13.6. The van der Waals surface area contributed by atoms with Crippen LogP contribution in [-0.4, -0.2) is 18.2 Å². The van der Waals surface area contributed by atoms with Gasteiger partial charge in [-0.1, -0.05) is 12.1 Å². The van der Waals surface area contributed by atoms with Crippen molar-refractivity contribution in [2.24, 2.45) is 5.92 Å². The summed E-state index contributed by atoms with van der Waals surface area (Å²) < 4.78 is 37.3. The Morgan fingerprint density at radius 2 is 1.72 bits per heavy atom. The average molecular weight is 259 g/mol. The van der Waals surface area contributed by atoms with Gasteiger partial charge in [-0.25, -0.2) is 0 Å². The van der Waals surface area contributed by atoms with E-state index >= 15 is 0 Å². The van der Waals surface area contributed by atoms with E-state index in [0.29, 0.717) is 12.1 Å². The van der Waals surface area contributed by atoms with Crippen molar-refractivity contribution < 1.29 is 18.3 Å². The van der Waals surface area contributed by atoms with Crippen molar-refractivity contribution in [2.75, 3.05) is 13.1 Å². The predicted octanol–water partition coefficient (Wildman–Crippen LogP) is 2.52. The maximum absolute atomic E-state index is 12.4. The van der Waals surface area contributed by atoms with Gasteiger partial charge < -0.3 is 10.4 Å². The van der Waals surface area contributed by atoms with Crippen LogP contribution in [0.1, 0.15) is 24.5 Å². The van der Waals surface area contributed by atoms with Gasteiger partial charge in [-0.2, -0.15) is 13.2 Å². The summed E-state index contributed by atoms with van der Waals surface area (Å²) in [6.45, 7) is 3.18. The van der Waals surface area contributed by atoms with Crippen LogP contribution in [0.25, 0.3) is 0 Å². The molecule has 2 atom stereocenters. The van der Waals surface area contributed by atoms with Gasteiger partial charge in [-0.05, 0) is 37.6 Å². The largest absolute Gasteiger partial charge is 0.416 e. The number of rotatable bonds is 2. The molecule has 1 saturated heterocycles. The van der Waals surface area contributed by atoms with Crippen molar-refractivity contribution >= 4 is 0 Å². The fourth-order valence-electron chi connectivity index (χ4n) is 2.37. The zero-order chi connectivity index (χ0) is 13.4. The first kappa shape index (κ1) is 13.4. The summed E-state index contributed by atoms with van der Waals surface area (Å²) in [4.78, 5) is 0. The van der Waals surface area contributed by atoms with Crippen molar-refractivity contribution in [3.05, 3.63) is 35.4 Å². The third kappa shape index (κ3) is 2.52. The molecule has 0 saturated carbocycles. The Morgan fingerprint density at radius 1 is 1.17 bits per heavy atom. The zero-order valence-corrected chi connectivity index (χ0v) is 10.1. The molecule has 1 heterocycles. The smallest absolute Gasteiger partial charge is 0.385 e.